The molecule has 0 bridgehead atoms. The number of pyridine rings is 1. The predicted octanol–water partition coefficient (Wildman–Crippen LogP) is 7.13. The minimum atomic E-state index is 0.758. The van der Waals surface area contributed by atoms with Crippen LogP contribution >= 0.6 is 0 Å². The number of allylic oxidation sites excluding steroid dienone is 3. The Bertz CT molecular complexity index is 1660. The maximum absolute atomic E-state index is 4.64. The highest BCUT2D eigenvalue weighted by Crippen LogP contribution is 2.32. The first-order valence-electron chi connectivity index (χ1n) is 15.2. The van der Waals surface area contributed by atoms with Gasteiger partial charge < -0.3 is 15.2 Å². The second-order valence-electron chi connectivity index (χ2n) is 11.8. The van der Waals surface area contributed by atoms with Crippen molar-refractivity contribution in [1.82, 2.24) is 20.2 Å². The molecule has 1 aliphatic carbocycles. The van der Waals surface area contributed by atoms with E-state index in [1.54, 1.807) is 0 Å². The minimum absolute atomic E-state index is 0.758. The average Bonchev–Trinajstić information content (AvgIpc) is 3.60. The highest BCUT2D eigenvalue weighted by molar-refractivity contribution is 5.96. The maximum atomic E-state index is 4.64. The number of fused-ring (bicyclic) bond motifs is 1. The summed E-state index contributed by atoms with van der Waals surface area (Å²) in [5.41, 5.74) is 8.54. The molecule has 2 aliphatic rings. The molecule has 212 valence electrons. The molecule has 0 atom stereocenters. The summed E-state index contributed by atoms with van der Waals surface area (Å²) in [5, 5.41) is 14.4. The summed E-state index contributed by atoms with van der Waals surface area (Å²) in [4.78, 5) is 10.6. The van der Waals surface area contributed by atoms with Crippen LogP contribution in [0.2, 0.25) is 0 Å². The van der Waals surface area contributed by atoms with Crippen molar-refractivity contribution in [3.8, 4) is 11.4 Å². The number of aromatic nitrogens is 4. The molecule has 6 nitrogen and oxygen atoms in total. The van der Waals surface area contributed by atoms with Crippen LogP contribution in [0.4, 0.5) is 11.4 Å². The lowest BCUT2D eigenvalue weighted by Gasteiger charge is -2.29. The van der Waals surface area contributed by atoms with E-state index >= 15 is 0 Å². The van der Waals surface area contributed by atoms with Crippen molar-refractivity contribution in [2.24, 2.45) is 5.92 Å². The van der Waals surface area contributed by atoms with Crippen LogP contribution < -0.4 is 20.8 Å². The monoisotopic (exact) mass is 546 g/mol. The van der Waals surface area contributed by atoms with Gasteiger partial charge in [0.15, 0.2) is 0 Å². The van der Waals surface area contributed by atoms with E-state index in [1.807, 2.05) is 12.4 Å². The van der Waals surface area contributed by atoms with Gasteiger partial charge in [0, 0.05) is 46.8 Å². The van der Waals surface area contributed by atoms with E-state index in [0.717, 1.165) is 75.4 Å². The number of nitrogens with one attached hydrogen (secondary N) is 3. The van der Waals surface area contributed by atoms with Crippen LogP contribution in [0, 0.1) is 5.92 Å². The Balaban J connectivity index is 1.19. The number of H-pyrrole nitrogens is 2. The molecule has 6 rings (SSSR count). The molecular weight excluding hydrogens is 504 g/mol. The molecule has 0 spiro atoms. The molecule has 0 amide bonds. The number of rotatable bonds is 8. The third kappa shape index (κ3) is 6.17. The number of nitrogens with zero attached hydrogens (tertiary/aromatic N) is 3. The van der Waals surface area contributed by atoms with Gasteiger partial charge in [-0.05, 0) is 80.0 Å². The van der Waals surface area contributed by atoms with E-state index in [9.17, 15) is 0 Å². The number of piperidine rings is 1. The van der Waals surface area contributed by atoms with E-state index in [0.29, 0.717) is 0 Å². The fourth-order valence-corrected chi connectivity index (χ4v) is 6.44. The summed E-state index contributed by atoms with van der Waals surface area (Å²) in [6.45, 7) is 13.0. The molecule has 1 saturated carbocycles. The number of anilines is 2. The zero-order chi connectivity index (χ0) is 28.2. The molecule has 0 unspecified atom stereocenters. The summed E-state index contributed by atoms with van der Waals surface area (Å²) in [6, 6.07) is 10.9. The first-order valence-corrected chi connectivity index (χ1v) is 15.2. The van der Waals surface area contributed by atoms with Gasteiger partial charge in [0.1, 0.15) is 5.69 Å². The first kappa shape index (κ1) is 27.1. The van der Waals surface area contributed by atoms with Gasteiger partial charge in [-0.1, -0.05) is 57.4 Å². The fraction of sp³-hybridized carbons (Fsp3) is 0.371. The lowest BCUT2D eigenvalue weighted by atomic mass is 9.86. The van der Waals surface area contributed by atoms with Crippen molar-refractivity contribution in [3.63, 3.8) is 0 Å². The zero-order valence-electron chi connectivity index (χ0n) is 24.3. The van der Waals surface area contributed by atoms with Gasteiger partial charge in [-0.3, -0.25) is 10.1 Å². The van der Waals surface area contributed by atoms with Crippen molar-refractivity contribution < 1.29 is 0 Å². The topological polar surface area (TPSA) is 72.6 Å². The van der Waals surface area contributed by atoms with Crippen molar-refractivity contribution in [1.29, 1.82) is 0 Å². The quantitative estimate of drug-likeness (QED) is 0.220. The van der Waals surface area contributed by atoms with Gasteiger partial charge in [0.05, 0.1) is 22.9 Å². The molecule has 0 radical (unpaired) electrons. The second kappa shape index (κ2) is 12.2. The van der Waals surface area contributed by atoms with Crippen LogP contribution in [0.15, 0.2) is 61.1 Å². The molecule has 41 heavy (non-hydrogen) atoms. The van der Waals surface area contributed by atoms with Crippen LogP contribution in [0.25, 0.3) is 40.5 Å². The van der Waals surface area contributed by atoms with Crippen LogP contribution in [-0.2, 0) is 0 Å². The number of hydrogen-bond acceptors (Lipinski definition) is 4. The van der Waals surface area contributed by atoms with Gasteiger partial charge in [-0.15, -0.1) is 0 Å². The molecule has 4 aromatic rings. The van der Waals surface area contributed by atoms with Crippen molar-refractivity contribution >= 4 is 40.5 Å². The molecule has 1 aliphatic heterocycles. The number of hydrogen-bond donors (Lipinski definition) is 3. The molecule has 4 heterocycles. The van der Waals surface area contributed by atoms with Crippen LogP contribution in [0.5, 0.6) is 0 Å². The third-order valence-corrected chi connectivity index (χ3v) is 8.77. The SMILES string of the molecule is C=C(CC1CCCCC1)Nc1cncc(/C(C)=C/C=c2/[nH]nc(-c3cc4c(N5CCCCC5)cccc4[nH]3)c2=C)c1. The number of benzene rings is 1. The summed E-state index contributed by atoms with van der Waals surface area (Å²) in [7, 11) is 0. The van der Waals surface area contributed by atoms with Gasteiger partial charge in [-0.2, -0.15) is 5.10 Å². The van der Waals surface area contributed by atoms with Crippen molar-refractivity contribution in [2.45, 2.75) is 64.7 Å². The van der Waals surface area contributed by atoms with Gasteiger partial charge >= 0.3 is 0 Å². The number of aromatic amines is 2. The Kier molecular flexibility index (Phi) is 8.08. The smallest absolute Gasteiger partial charge is 0.116 e. The molecule has 6 heteroatoms. The molecule has 3 N–H and O–H groups in total. The Hall–Kier alpha value is -4.06. The summed E-state index contributed by atoms with van der Waals surface area (Å²) in [5.74, 6) is 0.758. The summed E-state index contributed by atoms with van der Waals surface area (Å²) >= 11 is 0. The lowest BCUT2D eigenvalue weighted by Crippen LogP contribution is -2.29. The molecule has 1 saturated heterocycles. The normalized spacial score (nSPS) is 17.3. The standard InChI is InChI=1S/C35H42N6/c1-24(28-20-29(23-36-22-28)37-25(2)19-27-11-6-4-7-12-27)15-16-31-26(3)35(40-39-31)33-21-30-32(38-33)13-10-14-34(30)41-17-8-5-9-18-41/h10,13-16,20-23,27,37-39H,2-9,11-12,17-19H2,1H3/b24-15+,31-16+. The van der Waals surface area contributed by atoms with Crippen molar-refractivity contribution in [3.05, 3.63) is 77.2 Å². The molecule has 3 aromatic heterocycles. The summed E-state index contributed by atoms with van der Waals surface area (Å²) in [6.07, 6.45) is 19.5. The fourth-order valence-electron chi connectivity index (χ4n) is 6.44. The third-order valence-electron chi connectivity index (χ3n) is 8.77. The maximum Gasteiger partial charge on any atom is 0.116 e. The highest BCUT2D eigenvalue weighted by atomic mass is 15.1. The zero-order valence-corrected chi connectivity index (χ0v) is 24.3. The van der Waals surface area contributed by atoms with Crippen LogP contribution in [0.3, 0.4) is 0 Å². The van der Waals surface area contributed by atoms with Crippen molar-refractivity contribution in [2.75, 3.05) is 23.3 Å². The predicted molar refractivity (Wildman–Crippen MR) is 173 cm³/mol. The second-order valence-corrected chi connectivity index (χ2v) is 11.8. The van der Waals surface area contributed by atoms with E-state index < -0.39 is 0 Å². The lowest BCUT2D eigenvalue weighted by molar-refractivity contribution is 0.357. The first-order chi connectivity index (χ1) is 20.0. The van der Waals surface area contributed by atoms with Crippen LogP contribution in [-0.4, -0.2) is 33.3 Å². The Morgan fingerprint density at radius 3 is 2.71 bits per heavy atom. The highest BCUT2D eigenvalue weighted by Gasteiger charge is 2.17. The van der Waals surface area contributed by atoms with Gasteiger partial charge in [0.2, 0.25) is 0 Å². The Labute approximate surface area is 243 Å². The largest absolute Gasteiger partial charge is 0.371 e. The van der Waals surface area contributed by atoms with E-state index in [4.69, 9.17) is 0 Å². The van der Waals surface area contributed by atoms with E-state index in [1.165, 1.54) is 62.4 Å². The Morgan fingerprint density at radius 2 is 1.88 bits per heavy atom. The summed E-state index contributed by atoms with van der Waals surface area (Å²) < 4.78 is 0. The van der Waals surface area contributed by atoms with Gasteiger partial charge in [0.25, 0.3) is 0 Å². The molecule has 1 aromatic carbocycles. The van der Waals surface area contributed by atoms with Crippen LogP contribution in [0.1, 0.15) is 70.3 Å². The molecule has 2 fully saturated rings. The minimum Gasteiger partial charge on any atom is -0.371 e. The Morgan fingerprint density at radius 1 is 1.07 bits per heavy atom. The van der Waals surface area contributed by atoms with E-state index in [2.05, 4.69) is 92.9 Å². The van der Waals surface area contributed by atoms with E-state index in [-0.39, 0.29) is 0 Å². The molecular formula is C35H42N6. The van der Waals surface area contributed by atoms with Gasteiger partial charge in [-0.25, -0.2) is 0 Å². The average molecular weight is 547 g/mol.